The van der Waals surface area contributed by atoms with E-state index in [-0.39, 0.29) is 0 Å². The van der Waals surface area contributed by atoms with Crippen LogP contribution in [0.5, 0.6) is 11.5 Å². The van der Waals surface area contributed by atoms with Gasteiger partial charge in [0, 0.05) is 6.04 Å². The second-order valence-electron chi connectivity index (χ2n) is 7.26. The van der Waals surface area contributed by atoms with Gasteiger partial charge < -0.3 is 14.8 Å². The standard InChI is InChI=1S/C25H37NO2/c1-3-5-6-7-8-12-19-26-25(4-2)22-15-17-24(18-16-22)28-21-20-27-23-13-10-9-11-14-23/h9-11,13-18,25-26H,3-8,12,19-21H2,1-2H3. The highest BCUT2D eigenvalue weighted by atomic mass is 16.5. The molecule has 3 heteroatoms. The normalized spacial score (nSPS) is 11.9. The molecule has 1 atom stereocenters. The Kier molecular flexibility index (Phi) is 11.2. The summed E-state index contributed by atoms with van der Waals surface area (Å²) in [6.45, 7) is 6.69. The third kappa shape index (κ3) is 8.79. The predicted octanol–water partition coefficient (Wildman–Crippen LogP) is 6.55. The summed E-state index contributed by atoms with van der Waals surface area (Å²) >= 11 is 0. The summed E-state index contributed by atoms with van der Waals surface area (Å²) in [7, 11) is 0. The van der Waals surface area contributed by atoms with Crippen LogP contribution in [-0.2, 0) is 0 Å². The molecule has 0 aromatic heterocycles. The lowest BCUT2D eigenvalue weighted by Gasteiger charge is -2.18. The van der Waals surface area contributed by atoms with Crippen LogP contribution < -0.4 is 14.8 Å². The molecule has 2 aromatic rings. The van der Waals surface area contributed by atoms with Crippen LogP contribution >= 0.6 is 0 Å². The summed E-state index contributed by atoms with van der Waals surface area (Å²) in [5.41, 5.74) is 1.33. The zero-order valence-electron chi connectivity index (χ0n) is 17.7. The monoisotopic (exact) mass is 383 g/mol. The zero-order valence-corrected chi connectivity index (χ0v) is 17.7. The summed E-state index contributed by atoms with van der Waals surface area (Å²) in [6, 6.07) is 18.7. The Morgan fingerprint density at radius 2 is 1.32 bits per heavy atom. The van der Waals surface area contributed by atoms with Gasteiger partial charge in [0.05, 0.1) is 0 Å². The highest BCUT2D eigenvalue weighted by molar-refractivity contribution is 5.29. The average molecular weight is 384 g/mol. The molecular formula is C25H37NO2. The maximum Gasteiger partial charge on any atom is 0.122 e. The molecule has 0 aliphatic carbocycles. The lowest BCUT2D eigenvalue weighted by Crippen LogP contribution is -2.21. The first-order valence-corrected chi connectivity index (χ1v) is 11.0. The maximum absolute atomic E-state index is 5.80. The van der Waals surface area contributed by atoms with Crippen LogP contribution in [0.15, 0.2) is 54.6 Å². The van der Waals surface area contributed by atoms with Crippen molar-refractivity contribution in [3.8, 4) is 11.5 Å². The molecule has 0 amide bonds. The van der Waals surface area contributed by atoms with Gasteiger partial charge in [-0.25, -0.2) is 0 Å². The van der Waals surface area contributed by atoms with E-state index in [1.165, 1.54) is 44.1 Å². The van der Waals surface area contributed by atoms with Crippen molar-refractivity contribution in [3.05, 3.63) is 60.2 Å². The van der Waals surface area contributed by atoms with Crippen molar-refractivity contribution in [2.75, 3.05) is 19.8 Å². The van der Waals surface area contributed by atoms with Crippen LogP contribution in [0.3, 0.4) is 0 Å². The van der Waals surface area contributed by atoms with E-state index in [2.05, 4.69) is 43.4 Å². The van der Waals surface area contributed by atoms with Crippen LogP contribution in [0.2, 0.25) is 0 Å². The van der Waals surface area contributed by atoms with Crippen molar-refractivity contribution in [3.63, 3.8) is 0 Å². The summed E-state index contributed by atoms with van der Waals surface area (Å²) in [5, 5.41) is 3.71. The van der Waals surface area contributed by atoms with Gasteiger partial charge in [-0.1, -0.05) is 76.3 Å². The molecule has 0 saturated heterocycles. The number of para-hydroxylation sites is 1. The molecule has 2 aromatic carbocycles. The largest absolute Gasteiger partial charge is 0.490 e. The van der Waals surface area contributed by atoms with E-state index < -0.39 is 0 Å². The maximum atomic E-state index is 5.80. The Morgan fingerprint density at radius 1 is 0.714 bits per heavy atom. The first-order chi connectivity index (χ1) is 13.8. The van der Waals surface area contributed by atoms with Crippen molar-refractivity contribution in [2.45, 2.75) is 64.8 Å². The fraction of sp³-hybridized carbons (Fsp3) is 0.520. The fourth-order valence-corrected chi connectivity index (χ4v) is 3.31. The smallest absolute Gasteiger partial charge is 0.122 e. The highest BCUT2D eigenvalue weighted by Crippen LogP contribution is 2.20. The van der Waals surface area contributed by atoms with Gasteiger partial charge in [0.15, 0.2) is 0 Å². The van der Waals surface area contributed by atoms with Crippen LogP contribution in [0.1, 0.15) is 70.4 Å². The third-order valence-electron chi connectivity index (χ3n) is 4.98. The van der Waals surface area contributed by atoms with Crippen LogP contribution in [0, 0.1) is 0 Å². The number of benzene rings is 2. The Hall–Kier alpha value is -2.00. The van der Waals surface area contributed by atoms with Crippen molar-refractivity contribution in [2.24, 2.45) is 0 Å². The molecule has 2 rings (SSSR count). The van der Waals surface area contributed by atoms with E-state index in [1.807, 2.05) is 30.3 Å². The molecule has 0 saturated carbocycles. The zero-order chi connectivity index (χ0) is 19.9. The number of nitrogens with one attached hydrogen (secondary N) is 1. The van der Waals surface area contributed by atoms with E-state index in [0.29, 0.717) is 19.3 Å². The van der Waals surface area contributed by atoms with Crippen LogP contribution in [0.4, 0.5) is 0 Å². The Labute approximate surface area is 171 Å². The van der Waals surface area contributed by atoms with E-state index in [0.717, 1.165) is 24.5 Å². The Bertz CT molecular complexity index is 612. The topological polar surface area (TPSA) is 30.5 Å². The summed E-state index contributed by atoms with van der Waals surface area (Å²) in [4.78, 5) is 0. The SMILES string of the molecule is CCCCCCCCNC(CC)c1ccc(OCCOc2ccccc2)cc1. The van der Waals surface area contributed by atoms with Gasteiger partial charge in [-0.2, -0.15) is 0 Å². The summed E-state index contributed by atoms with van der Waals surface area (Å²) in [6.07, 6.45) is 9.14. The number of unbranched alkanes of at least 4 members (excludes halogenated alkanes) is 5. The summed E-state index contributed by atoms with van der Waals surface area (Å²) in [5.74, 6) is 1.77. The highest BCUT2D eigenvalue weighted by Gasteiger charge is 2.08. The van der Waals surface area contributed by atoms with Gasteiger partial charge in [-0.15, -0.1) is 0 Å². The number of ether oxygens (including phenoxy) is 2. The molecule has 0 aliphatic rings. The van der Waals surface area contributed by atoms with E-state index >= 15 is 0 Å². The van der Waals surface area contributed by atoms with E-state index in [1.54, 1.807) is 0 Å². The minimum Gasteiger partial charge on any atom is -0.490 e. The molecule has 0 bridgehead atoms. The van der Waals surface area contributed by atoms with E-state index in [9.17, 15) is 0 Å². The average Bonchev–Trinajstić information content (AvgIpc) is 2.75. The summed E-state index contributed by atoms with van der Waals surface area (Å²) < 4.78 is 11.5. The molecule has 154 valence electrons. The Balaban J connectivity index is 1.65. The van der Waals surface area contributed by atoms with Crippen molar-refractivity contribution >= 4 is 0 Å². The first-order valence-electron chi connectivity index (χ1n) is 11.0. The minimum absolute atomic E-state index is 0.422. The van der Waals surface area contributed by atoms with Gasteiger partial charge in [0.1, 0.15) is 24.7 Å². The van der Waals surface area contributed by atoms with Gasteiger partial charge in [0.2, 0.25) is 0 Å². The first kappa shape index (κ1) is 22.3. The third-order valence-corrected chi connectivity index (χ3v) is 4.98. The van der Waals surface area contributed by atoms with Gasteiger partial charge in [0.25, 0.3) is 0 Å². The second kappa shape index (κ2) is 14.1. The molecule has 28 heavy (non-hydrogen) atoms. The molecule has 0 aliphatic heterocycles. The molecular weight excluding hydrogens is 346 g/mol. The molecule has 3 nitrogen and oxygen atoms in total. The molecule has 0 heterocycles. The number of rotatable bonds is 15. The molecule has 0 fully saturated rings. The van der Waals surface area contributed by atoms with E-state index in [4.69, 9.17) is 9.47 Å². The van der Waals surface area contributed by atoms with Crippen LogP contribution in [0.25, 0.3) is 0 Å². The second-order valence-corrected chi connectivity index (χ2v) is 7.26. The molecule has 1 N–H and O–H groups in total. The van der Waals surface area contributed by atoms with Crippen LogP contribution in [-0.4, -0.2) is 19.8 Å². The lowest BCUT2D eigenvalue weighted by atomic mass is 10.0. The number of hydrogen-bond acceptors (Lipinski definition) is 3. The quantitative estimate of drug-likeness (QED) is 0.354. The number of hydrogen-bond donors (Lipinski definition) is 1. The fourth-order valence-electron chi connectivity index (χ4n) is 3.31. The Morgan fingerprint density at radius 3 is 1.96 bits per heavy atom. The molecule has 0 radical (unpaired) electrons. The molecule has 1 unspecified atom stereocenters. The molecule has 0 spiro atoms. The van der Waals surface area contributed by atoms with Crippen molar-refractivity contribution in [1.82, 2.24) is 5.32 Å². The van der Waals surface area contributed by atoms with Crippen molar-refractivity contribution in [1.29, 1.82) is 0 Å². The van der Waals surface area contributed by atoms with Gasteiger partial charge in [-0.05, 0) is 49.2 Å². The minimum atomic E-state index is 0.422. The van der Waals surface area contributed by atoms with Gasteiger partial charge >= 0.3 is 0 Å². The van der Waals surface area contributed by atoms with Crippen molar-refractivity contribution < 1.29 is 9.47 Å². The lowest BCUT2D eigenvalue weighted by molar-refractivity contribution is 0.217. The van der Waals surface area contributed by atoms with Gasteiger partial charge in [-0.3, -0.25) is 0 Å². The predicted molar refractivity (Wildman–Crippen MR) is 118 cm³/mol.